The summed E-state index contributed by atoms with van der Waals surface area (Å²) in [7, 11) is 0. The predicted octanol–water partition coefficient (Wildman–Crippen LogP) is 5.03. The van der Waals surface area contributed by atoms with Gasteiger partial charge in [0.15, 0.2) is 0 Å². The first-order chi connectivity index (χ1) is 13.2. The average molecular weight is 355 g/mol. The molecule has 0 bridgehead atoms. The average Bonchev–Trinajstić information content (AvgIpc) is 2.72. The number of benzene rings is 3. The van der Waals surface area contributed by atoms with E-state index in [0.717, 1.165) is 16.9 Å². The van der Waals surface area contributed by atoms with Crippen molar-refractivity contribution in [2.75, 3.05) is 0 Å². The van der Waals surface area contributed by atoms with Gasteiger partial charge in [-0.15, -0.1) is 0 Å². The minimum Gasteiger partial charge on any atom is -0.489 e. The van der Waals surface area contributed by atoms with Crippen LogP contribution >= 0.6 is 0 Å². The fourth-order valence-electron chi connectivity index (χ4n) is 2.54. The number of ether oxygens (including phenoxy) is 1. The van der Waals surface area contributed by atoms with E-state index in [4.69, 9.17) is 9.84 Å². The summed E-state index contributed by atoms with van der Waals surface area (Å²) in [6, 6.07) is 25.8. The molecule has 1 N–H and O–H groups in total. The lowest BCUT2D eigenvalue weighted by Gasteiger charge is -2.07. The van der Waals surface area contributed by atoms with Crippen LogP contribution in [-0.4, -0.2) is 11.1 Å². The molecule has 4 nitrogen and oxygen atoms in total. The van der Waals surface area contributed by atoms with Crippen LogP contribution in [0.3, 0.4) is 0 Å². The molecule has 0 amide bonds. The number of nitrogens with zero attached hydrogens (tertiary/aromatic N) is 1. The standard InChI is InChI=1S/C23H17NO3/c24-15-21(19-8-10-20(11-9-19)23(25)26)14-17-6-12-22(13-7-17)27-16-18-4-2-1-3-5-18/h1-14H,16H2,(H,25,26). The van der Waals surface area contributed by atoms with Crippen LogP contribution in [0.25, 0.3) is 11.6 Å². The molecule has 0 aromatic heterocycles. The Morgan fingerprint density at radius 3 is 2.15 bits per heavy atom. The fourth-order valence-corrected chi connectivity index (χ4v) is 2.54. The Morgan fingerprint density at radius 2 is 1.56 bits per heavy atom. The molecule has 0 fully saturated rings. The van der Waals surface area contributed by atoms with Gasteiger partial charge in [-0.05, 0) is 47.0 Å². The molecule has 0 saturated carbocycles. The highest BCUT2D eigenvalue weighted by atomic mass is 16.5. The van der Waals surface area contributed by atoms with Gasteiger partial charge in [0.2, 0.25) is 0 Å². The molecule has 132 valence electrons. The molecule has 27 heavy (non-hydrogen) atoms. The van der Waals surface area contributed by atoms with Crippen molar-refractivity contribution in [1.29, 1.82) is 5.26 Å². The van der Waals surface area contributed by atoms with Crippen LogP contribution in [0.15, 0.2) is 78.9 Å². The van der Waals surface area contributed by atoms with Crippen LogP contribution in [0.4, 0.5) is 0 Å². The number of hydrogen-bond acceptors (Lipinski definition) is 3. The molecule has 3 rings (SSSR count). The Morgan fingerprint density at radius 1 is 0.926 bits per heavy atom. The smallest absolute Gasteiger partial charge is 0.335 e. The van der Waals surface area contributed by atoms with Crippen molar-refractivity contribution in [2.24, 2.45) is 0 Å². The summed E-state index contributed by atoms with van der Waals surface area (Å²) < 4.78 is 5.76. The van der Waals surface area contributed by atoms with E-state index in [9.17, 15) is 10.1 Å². The summed E-state index contributed by atoms with van der Waals surface area (Å²) >= 11 is 0. The molecule has 0 aliphatic rings. The van der Waals surface area contributed by atoms with Gasteiger partial charge >= 0.3 is 5.97 Å². The third kappa shape index (κ3) is 4.83. The molecular formula is C23H17NO3. The summed E-state index contributed by atoms with van der Waals surface area (Å²) in [6.45, 7) is 0.495. The van der Waals surface area contributed by atoms with Gasteiger partial charge in [0.05, 0.1) is 17.2 Å². The highest BCUT2D eigenvalue weighted by Crippen LogP contribution is 2.21. The van der Waals surface area contributed by atoms with Crippen molar-refractivity contribution in [2.45, 2.75) is 6.61 Å². The lowest BCUT2D eigenvalue weighted by Crippen LogP contribution is -1.95. The number of hydrogen-bond donors (Lipinski definition) is 1. The van der Waals surface area contributed by atoms with Gasteiger partial charge in [0.25, 0.3) is 0 Å². The summed E-state index contributed by atoms with van der Waals surface area (Å²) in [4.78, 5) is 10.9. The van der Waals surface area contributed by atoms with E-state index < -0.39 is 5.97 Å². The molecule has 0 spiro atoms. The minimum atomic E-state index is -0.991. The maximum atomic E-state index is 10.9. The zero-order valence-corrected chi connectivity index (χ0v) is 14.5. The maximum Gasteiger partial charge on any atom is 0.335 e. The van der Waals surface area contributed by atoms with Crippen LogP contribution in [0.1, 0.15) is 27.0 Å². The van der Waals surface area contributed by atoms with Gasteiger partial charge in [-0.3, -0.25) is 0 Å². The zero-order chi connectivity index (χ0) is 19.1. The Balaban J connectivity index is 1.71. The second-order valence-electron chi connectivity index (χ2n) is 5.90. The van der Waals surface area contributed by atoms with Gasteiger partial charge in [-0.25, -0.2) is 4.79 Å². The number of aromatic carboxylic acids is 1. The van der Waals surface area contributed by atoms with Gasteiger partial charge in [0, 0.05) is 0 Å². The van der Waals surface area contributed by atoms with Crippen LogP contribution in [0.2, 0.25) is 0 Å². The normalized spacial score (nSPS) is 10.9. The van der Waals surface area contributed by atoms with Crippen molar-refractivity contribution in [3.05, 3.63) is 101 Å². The maximum absolute atomic E-state index is 10.9. The van der Waals surface area contributed by atoms with Crippen molar-refractivity contribution >= 4 is 17.6 Å². The van der Waals surface area contributed by atoms with Crippen molar-refractivity contribution < 1.29 is 14.6 Å². The number of rotatable bonds is 6. The Labute approximate surface area is 157 Å². The lowest BCUT2D eigenvalue weighted by atomic mass is 10.0. The highest BCUT2D eigenvalue weighted by Gasteiger charge is 2.05. The molecule has 0 radical (unpaired) electrons. The monoisotopic (exact) mass is 355 g/mol. The Hall–Kier alpha value is -3.84. The summed E-state index contributed by atoms with van der Waals surface area (Å²) in [6.07, 6.45) is 1.76. The van der Waals surface area contributed by atoms with Crippen molar-refractivity contribution in [3.63, 3.8) is 0 Å². The van der Waals surface area contributed by atoms with Crippen LogP contribution in [0.5, 0.6) is 5.75 Å². The van der Waals surface area contributed by atoms with E-state index in [0.29, 0.717) is 17.7 Å². The van der Waals surface area contributed by atoms with E-state index >= 15 is 0 Å². The second-order valence-corrected chi connectivity index (χ2v) is 5.90. The molecular weight excluding hydrogens is 338 g/mol. The van der Waals surface area contributed by atoms with Crippen molar-refractivity contribution in [3.8, 4) is 11.8 Å². The predicted molar refractivity (Wildman–Crippen MR) is 104 cm³/mol. The molecule has 0 aliphatic heterocycles. The van der Waals surface area contributed by atoms with Gasteiger partial charge in [0.1, 0.15) is 12.4 Å². The molecule has 0 aliphatic carbocycles. The molecule has 0 unspecified atom stereocenters. The van der Waals surface area contributed by atoms with Crippen molar-refractivity contribution in [1.82, 2.24) is 0 Å². The van der Waals surface area contributed by atoms with Crippen LogP contribution < -0.4 is 4.74 Å². The Bertz CT molecular complexity index is 983. The van der Waals surface area contributed by atoms with Gasteiger partial charge in [-0.2, -0.15) is 5.26 Å². The number of allylic oxidation sites excluding steroid dienone is 1. The number of carboxylic acids is 1. The highest BCUT2D eigenvalue weighted by molar-refractivity contribution is 5.92. The second kappa shape index (κ2) is 8.50. The largest absolute Gasteiger partial charge is 0.489 e. The molecule has 3 aromatic carbocycles. The SMILES string of the molecule is N#CC(=Cc1ccc(OCc2ccccc2)cc1)c1ccc(C(=O)O)cc1. The van der Waals surface area contributed by atoms with Gasteiger partial charge in [-0.1, -0.05) is 54.6 Å². The zero-order valence-electron chi connectivity index (χ0n) is 14.5. The van der Waals surface area contributed by atoms with E-state index in [1.54, 1.807) is 18.2 Å². The first kappa shape index (κ1) is 18.0. The van der Waals surface area contributed by atoms with E-state index in [1.165, 1.54) is 12.1 Å². The summed E-state index contributed by atoms with van der Waals surface area (Å²) in [5.41, 5.74) is 3.28. The fraction of sp³-hybridized carbons (Fsp3) is 0.0435. The molecule has 0 heterocycles. The number of nitriles is 1. The lowest BCUT2D eigenvalue weighted by molar-refractivity contribution is 0.0697. The molecule has 0 atom stereocenters. The topological polar surface area (TPSA) is 70.3 Å². The van der Waals surface area contributed by atoms with Crippen LogP contribution in [-0.2, 0) is 6.61 Å². The Kier molecular flexibility index (Phi) is 5.66. The summed E-state index contributed by atoms with van der Waals surface area (Å²) in [5.74, 6) is -0.240. The van der Waals surface area contributed by atoms with E-state index in [-0.39, 0.29) is 5.56 Å². The molecule has 0 saturated heterocycles. The van der Waals surface area contributed by atoms with E-state index in [2.05, 4.69) is 6.07 Å². The summed E-state index contributed by atoms with van der Waals surface area (Å²) in [5, 5.41) is 18.4. The first-order valence-corrected chi connectivity index (χ1v) is 8.38. The van der Waals surface area contributed by atoms with Crippen LogP contribution in [0, 0.1) is 11.3 Å². The first-order valence-electron chi connectivity index (χ1n) is 8.38. The quantitative estimate of drug-likeness (QED) is 0.497. The van der Waals surface area contributed by atoms with E-state index in [1.807, 2.05) is 54.6 Å². The third-order valence-corrected chi connectivity index (χ3v) is 4.00. The number of carboxylic acid groups (broad SMARTS) is 1. The number of carbonyl (C=O) groups is 1. The van der Waals surface area contributed by atoms with Gasteiger partial charge < -0.3 is 9.84 Å². The third-order valence-electron chi connectivity index (χ3n) is 4.00. The minimum absolute atomic E-state index is 0.191. The molecule has 4 heteroatoms. The molecule has 3 aromatic rings.